The lowest BCUT2D eigenvalue weighted by molar-refractivity contribution is -0.138. The van der Waals surface area contributed by atoms with Crippen LogP contribution in [0.2, 0.25) is 0 Å². The highest BCUT2D eigenvalue weighted by atomic mass is 16.4. The monoisotopic (exact) mass is 297 g/mol. The van der Waals surface area contributed by atoms with Crippen LogP contribution in [0.15, 0.2) is 41.2 Å². The van der Waals surface area contributed by atoms with Crippen molar-refractivity contribution in [3.8, 4) is 11.3 Å². The molecule has 2 heterocycles. The van der Waals surface area contributed by atoms with Crippen molar-refractivity contribution >= 4 is 11.6 Å². The van der Waals surface area contributed by atoms with Gasteiger partial charge in [0.1, 0.15) is 5.65 Å². The van der Waals surface area contributed by atoms with Gasteiger partial charge in [-0.2, -0.15) is 9.61 Å². The lowest BCUT2D eigenvalue weighted by Crippen LogP contribution is -2.26. The third-order valence-corrected chi connectivity index (χ3v) is 3.72. The van der Waals surface area contributed by atoms with Crippen LogP contribution in [-0.2, 0) is 4.79 Å². The molecule has 2 aromatic heterocycles. The Morgan fingerprint density at radius 1 is 1.32 bits per heavy atom. The molecule has 112 valence electrons. The fourth-order valence-corrected chi connectivity index (χ4v) is 2.54. The van der Waals surface area contributed by atoms with Gasteiger partial charge < -0.3 is 10.1 Å². The van der Waals surface area contributed by atoms with Gasteiger partial charge >= 0.3 is 5.97 Å². The topological polar surface area (TPSA) is 87.5 Å². The van der Waals surface area contributed by atoms with E-state index >= 15 is 0 Å². The molecule has 6 nitrogen and oxygen atoms in total. The Balaban J connectivity index is 2.24. The predicted molar refractivity (Wildman–Crippen MR) is 82.0 cm³/mol. The molecular weight excluding hydrogens is 282 g/mol. The van der Waals surface area contributed by atoms with E-state index in [-0.39, 0.29) is 5.56 Å². The first kappa shape index (κ1) is 14.1. The van der Waals surface area contributed by atoms with E-state index in [2.05, 4.69) is 10.1 Å². The molecule has 0 saturated heterocycles. The Labute approximate surface area is 126 Å². The molecular formula is C16H15N3O3. The van der Waals surface area contributed by atoms with Crippen LogP contribution in [-0.4, -0.2) is 25.7 Å². The number of carboxylic acid groups (broad SMARTS) is 1. The number of rotatable bonds is 3. The van der Waals surface area contributed by atoms with Gasteiger partial charge in [0.05, 0.1) is 17.2 Å². The highest BCUT2D eigenvalue weighted by Gasteiger charge is 2.22. The van der Waals surface area contributed by atoms with E-state index in [1.54, 1.807) is 13.0 Å². The largest absolute Gasteiger partial charge is 0.481 e. The molecule has 0 aliphatic heterocycles. The average molecular weight is 297 g/mol. The van der Waals surface area contributed by atoms with Gasteiger partial charge in [-0.1, -0.05) is 30.3 Å². The Kier molecular flexibility index (Phi) is 3.29. The number of carbonyl (C=O) groups is 1. The molecule has 6 heteroatoms. The summed E-state index contributed by atoms with van der Waals surface area (Å²) in [5.41, 5.74) is 2.47. The summed E-state index contributed by atoms with van der Waals surface area (Å²) in [5, 5.41) is 13.5. The zero-order valence-corrected chi connectivity index (χ0v) is 12.2. The molecule has 1 unspecified atom stereocenters. The summed E-state index contributed by atoms with van der Waals surface area (Å²) in [6.45, 7) is 3.19. The van der Waals surface area contributed by atoms with Gasteiger partial charge in [0.2, 0.25) is 0 Å². The third kappa shape index (κ3) is 2.18. The summed E-state index contributed by atoms with van der Waals surface area (Å²) in [4.78, 5) is 26.8. The fourth-order valence-electron chi connectivity index (χ4n) is 2.54. The molecule has 0 aliphatic carbocycles. The van der Waals surface area contributed by atoms with Gasteiger partial charge in [-0.3, -0.25) is 9.59 Å². The van der Waals surface area contributed by atoms with E-state index in [1.165, 1.54) is 11.4 Å². The minimum atomic E-state index is -1.04. The van der Waals surface area contributed by atoms with Crippen LogP contribution in [0, 0.1) is 6.92 Å². The molecule has 0 saturated carbocycles. The number of fused-ring (bicyclic) bond motifs is 1. The Morgan fingerprint density at radius 2 is 2.00 bits per heavy atom. The second kappa shape index (κ2) is 5.14. The van der Waals surface area contributed by atoms with Gasteiger partial charge in [0.15, 0.2) is 0 Å². The van der Waals surface area contributed by atoms with E-state index in [4.69, 9.17) is 5.11 Å². The van der Waals surface area contributed by atoms with E-state index in [0.29, 0.717) is 17.0 Å². The van der Waals surface area contributed by atoms with E-state index in [0.717, 1.165) is 5.56 Å². The lowest BCUT2D eigenvalue weighted by Gasteiger charge is -2.09. The number of aromatic nitrogens is 3. The van der Waals surface area contributed by atoms with Crippen LogP contribution in [0.3, 0.4) is 0 Å². The highest BCUT2D eigenvalue weighted by molar-refractivity contribution is 5.76. The Bertz CT molecular complexity index is 910. The number of benzene rings is 1. The first-order valence-electron chi connectivity index (χ1n) is 6.90. The van der Waals surface area contributed by atoms with E-state index in [9.17, 15) is 9.59 Å². The SMILES string of the molecule is Cc1[nH]c2cc(-c3ccccc3)nn2c(=O)c1C(C)C(=O)O. The highest BCUT2D eigenvalue weighted by Crippen LogP contribution is 2.20. The zero-order valence-electron chi connectivity index (χ0n) is 12.2. The van der Waals surface area contributed by atoms with Crippen LogP contribution >= 0.6 is 0 Å². The molecule has 0 radical (unpaired) electrons. The number of H-pyrrole nitrogens is 1. The number of hydrogen-bond donors (Lipinski definition) is 2. The summed E-state index contributed by atoms with van der Waals surface area (Å²) < 4.78 is 1.23. The summed E-state index contributed by atoms with van der Waals surface area (Å²) in [6, 6.07) is 11.3. The van der Waals surface area contributed by atoms with Gasteiger partial charge in [-0.05, 0) is 13.8 Å². The molecule has 0 amide bonds. The van der Waals surface area contributed by atoms with Gasteiger partial charge in [0, 0.05) is 17.3 Å². The van der Waals surface area contributed by atoms with Crippen molar-refractivity contribution in [1.82, 2.24) is 14.6 Å². The normalized spacial score (nSPS) is 12.5. The van der Waals surface area contributed by atoms with Crippen molar-refractivity contribution < 1.29 is 9.90 Å². The molecule has 0 spiro atoms. The van der Waals surface area contributed by atoms with E-state index in [1.807, 2.05) is 30.3 Å². The van der Waals surface area contributed by atoms with Crippen molar-refractivity contribution in [2.45, 2.75) is 19.8 Å². The maximum absolute atomic E-state index is 12.6. The van der Waals surface area contributed by atoms with Crippen molar-refractivity contribution in [3.63, 3.8) is 0 Å². The molecule has 0 aliphatic rings. The van der Waals surface area contributed by atoms with Gasteiger partial charge in [0.25, 0.3) is 5.56 Å². The molecule has 1 aromatic carbocycles. The minimum absolute atomic E-state index is 0.225. The first-order chi connectivity index (χ1) is 10.5. The molecule has 3 aromatic rings. The quantitative estimate of drug-likeness (QED) is 0.775. The van der Waals surface area contributed by atoms with Crippen molar-refractivity contribution in [2.75, 3.05) is 0 Å². The van der Waals surface area contributed by atoms with Crippen LogP contribution in [0.5, 0.6) is 0 Å². The van der Waals surface area contributed by atoms with Crippen molar-refractivity contribution in [1.29, 1.82) is 0 Å². The minimum Gasteiger partial charge on any atom is -0.481 e. The van der Waals surface area contributed by atoms with Crippen molar-refractivity contribution in [3.05, 3.63) is 58.0 Å². The number of nitrogens with one attached hydrogen (secondary N) is 1. The first-order valence-corrected chi connectivity index (χ1v) is 6.90. The Hall–Kier alpha value is -2.89. The number of aryl methyl sites for hydroxylation is 1. The number of carboxylic acids is 1. The van der Waals surface area contributed by atoms with Crippen LogP contribution < -0.4 is 5.56 Å². The molecule has 0 bridgehead atoms. The zero-order chi connectivity index (χ0) is 15.9. The van der Waals surface area contributed by atoms with Crippen LogP contribution in [0.1, 0.15) is 24.1 Å². The molecule has 1 atom stereocenters. The number of aliphatic carboxylic acids is 1. The smallest absolute Gasteiger partial charge is 0.310 e. The second-order valence-corrected chi connectivity index (χ2v) is 5.22. The summed E-state index contributed by atoms with van der Waals surface area (Å²) >= 11 is 0. The van der Waals surface area contributed by atoms with E-state index < -0.39 is 17.4 Å². The molecule has 3 rings (SSSR count). The number of hydrogen-bond acceptors (Lipinski definition) is 3. The second-order valence-electron chi connectivity index (χ2n) is 5.22. The summed E-state index contributed by atoms with van der Waals surface area (Å²) in [5.74, 6) is -1.93. The predicted octanol–water partition coefficient (Wildman–Crippen LogP) is 2.19. The lowest BCUT2D eigenvalue weighted by atomic mass is 10.0. The van der Waals surface area contributed by atoms with Crippen LogP contribution in [0.4, 0.5) is 0 Å². The van der Waals surface area contributed by atoms with Crippen molar-refractivity contribution in [2.24, 2.45) is 0 Å². The molecule has 0 fully saturated rings. The average Bonchev–Trinajstić information content (AvgIpc) is 2.92. The number of nitrogens with zero attached hydrogens (tertiary/aromatic N) is 2. The van der Waals surface area contributed by atoms with Gasteiger partial charge in [-0.15, -0.1) is 0 Å². The fraction of sp³-hybridized carbons (Fsp3) is 0.188. The third-order valence-electron chi connectivity index (χ3n) is 3.72. The van der Waals surface area contributed by atoms with Crippen LogP contribution in [0.25, 0.3) is 16.9 Å². The van der Waals surface area contributed by atoms with Gasteiger partial charge in [-0.25, -0.2) is 0 Å². The Morgan fingerprint density at radius 3 is 2.64 bits per heavy atom. The maximum Gasteiger partial charge on any atom is 0.310 e. The summed E-state index contributed by atoms with van der Waals surface area (Å²) in [6.07, 6.45) is 0. The number of aromatic amines is 1. The standard InChI is InChI=1S/C16H15N3O3/c1-9(16(21)22)14-10(2)17-13-8-12(18-19(13)15(14)20)11-6-4-3-5-7-11/h3-9,17H,1-2H3,(H,21,22). The maximum atomic E-state index is 12.6. The molecule has 2 N–H and O–H groups in total. The molecule has 22 heavy (non-hydrogen) atoms. The summed E-state index contributed by atoms with van der Waals surface area (Å²) in [7, 11) is 0.